The van der Waals surface area contributed by atoms with Gasteiger partial charge in [-0.2, -0.15) is 0 Å². The van der Waals surface area contributed by atoms with E-state index in [-0.39, 0.29) is 11.8 Å². The summed E-state index contributed by atoms with van der Waals surface area (Å²) in [6, 6.07) is 22.5. The molecule has 3 aromatic carbocycles. The van der Waals surface area contributed by atoms with Gasteiger partial charge in [-0.05, 0) is 42.0 Å². The summed E-state index contributed by atoms with van der Waals surface area (Å²) < 4.78 is 5.87. The number of hydrogen-bond donors (Lipinski definition) is 1. The summed E-state index contributed by atoms with van der Waals surface area (Å²) >= 11 is 6.25. The zero-order valence-electron chi connectivity index (χ0n) is 19.2. The minimum absolute atomic E-state index is 0.165. The van der Waals surface area contributed by atoms with Gasteiger partial charge in [0.1, 0.15) is 12.4 Å². The first-order valence-corrected chi connectivity index (χ1v) is 11.8. The second kappa shape index (κ2) is 11.1. The highest BCUT2D eigenvalue weighted by atomic mass is 35.5. The van der Waals surface area contributed by atoms with Gasteiger partial charge in [0.05, 0.1) is 11.4 Å². The first-order valence-electron chi connectivity index (χ1n) is 11.4. The minimum Gasteiger partial charge on any atom is -0.489 e. The normalized spacial score (nSPS) is 13.5. The molecule has 7 heteroatoms. The summed E-state index contributed by atoms with van der Waals surface area (Å²) in [4.78, 5) is 29.1. The predicted octanol–water partition coefficient (Wildman–Crippen LogP) is 5.23. The molecule has 1 saturated heterocycles. The van der Waals surface area contributed by atoms with Gasteiger partial charge in [0.15, 0.2) is 0 Å². The van der Waals surface area contributed by atoms with Crippen molar-refractivity contribution in [2.24, 2.45) is 0 Å². The second-order valence-corrected chi connectivity index (χ2v) is 8.58. The van der Waals surface area contributed by atoms with E-state index in [1.165, 1.54) is 0 Å². The van der Waals surface area contributed by atoms with Crippen LogP contribution in [-0.2, 0) is 11.4 Å². The summed E-state index contributed by atoms with van der Waals surface area (Å²) in [6.07, 6.45) is 0.510. The van der Waals surface area contributed by atoms with Crippen LogP contribution in [0.4, 0.5) is 11.4 Å². The lowest BCUT2D eigenvalue weighted by Crippen LogP contribution is -2.48. The Morgan fingerprint density at radius 1 is 0.941 bits per heavy atom. The van der Waals surface area contributed by atoms with Crippen molar-refractivity contribution in [2.45, 2.75) is 20.0 Å². The van der Waals surface area contributed by atoms with Crippen LogP contribution in [-0.4, -0.2) is 42.9 Å². The first kappa shape index (κ1) is 23.6. The molecule has 1 aliphatic rings. The molecular formula is C27H28ClN3O3. The molecule has 0 bridgehead atoms. The zero-order chi connectivity index (χ0) is 23.9. The number of halogens is 1. The van der Waals surface area contributed by atoms with Crippen LogP contribution in [0.15, 0.2) is 72.8 Å². The number of rotatable bonds is 7. The van der Waals surface area contributed by atoms with Gasteiger partial charge in [0.25, 0.3) is 5.91 Å². The lowest BCUT2D eigenvalue weighted by molar-refractivity contribution is -0.131. The van der Waals surface area contributed by atoms with Gasteiger partial charge in [-0.3, -0.25) is 9.59 Å². The Labute approximate surface area is 205 Å². The predicted molar refractivity (Wildman–Crippen MR) is 136 cm³/mol. The van der Waals surface area contributed by atoms with E-state index in [1.54, 1.807) is 24.3 Å². The number of benzene rings is 3. The Morgan fingerprint density at radius 3 is 2.44 bits per heavy atom. The van der Waals surface area contributed by atoms with Gasteiger partial charge in [0.2, 0.25) is 5.91 Å². The molecule has 1 aliphatic heterocycles. The Morgan fingerprint density at radius 2 is 1.71 bits per heavy atom. The molecule has 1 heterocycles. The number of carbonyl (C=O) groups excluding carboxylic acids is 2. The largest absolute Gasteiger partial charge is 0.489 e. The van der Waals surface area contributed by atoms with E-state index in [2.05, 4.69) is 10.2 Å². The minimum atomic E-state index is -0.242. The summed E-state index contributed by atoms with van der Waals surface area (Å²) in [6.45, 7) is 5.01. The molecule has 0 radical (unpaired) electrons. The molecule has 0 aromatic heterocycles. The highest BCUT2D eigenvalue weighted by Gasteiger charge is 2.22. The number of anilines is 2. The van der Waals surface area contributed by atoms with Gasteiger partial charge in [-0.1, -0.05) is 54.9 Å². The van der Waals surface area contributed by atoms with Crippen molar-refractivity contribution in [2.75, 3.05) is 36.4 Å². The molecule has 0 aliphatic carbocycles. The topological polar surface area (TPSA) is 61.9 Å². The van der Waals surface area contributed by atoms with E-state index in [1.807, 2.05) is 60.4 Å². The van der Waals surface area contributed by atoms with Crippen molar-refractivity contribution in [3.8, 4) is 5.75 Å². The van der Waals surface area contributed by atoms with Gasteiger partial charge in [-0.15, -0.1) is 0 Å². The zero-order valence-corrected chi connectivity index (χ0v) is 19.9. The SMILES string of the molecule is CCC(=O)N1CCN(c2ccc(Cl)cc2NC(=O)c2cccc(OCc3ccccc3)c2)CC1. The summed E-state index contributed by atoms with van der Waals surface area (Å²) in [7, 11) is 0. The third kappa shape index (κ3) is 5.88. The van der Waals surface area contributed by atoms with E-state index >= 15 is 0 Å². The quantitative estimate of drug-likeness (QED) is 0.506. The van der Waals surface area contributed by atoms with Crippen molar-refractivity contribution in [3.05, 3.63) is 88.9 Å². The molecular weight excluding hydrogens is 450 g/mol. The Hall–Kier alpha value is -3.51. The molecule has 0 unspecified atom stereocenters. The average molecular weight is 478 g/mol. The number of amides is 2. The summed E-state index contributed by atoms with van der Waals surface area (Å²) in [5.41, 5.74) is 3.08. The van der Waals surface area contributed by atoms with Gasteiger partial charge >= 0.3 is 0 Å². The summed E-state index contributed by atoms with van der Waals surface area (Å²) in [5.74, 6) is 0.548. The maximum absolute atomic E-state index is 13.1. The van der Waals surface area contributed by atoms with Crippen LogP contribution in [0.1, 0.15) is 29.3 Å². The highest BCUT2D eigenvalue weighted by molar-refractivity contribution is 6.31. The van der Waals surface area contributed by atoms with Crippen molar-refractivity contribution >= 4 is 34.8 Å². The van der Waals surface area contributed by atoms with Gasteiger partial charge in [0, 0.05) is 43.2 Å². The maximum Gasteiger partial charge on any atom is 0.255 e. The smallest absolute Gasteiger partial charge is 0.255 e. The Balaban J connectivity index is 1.45. The van der Waals surface area contributed by atoms with Crippen molar-refractivity contribution in [1.29, 1.82) is 0 Å². The van der Waals surface area contributed by atoms with Crippen molar-refractivity contribution in [1.82, 2.24) is 4.90 Å². The van der Waals surface area contributed by atoms with Gasteiger partial charge < -0.3 is 19.9 Å². The van der Waals surface area contributed by atoms with Crippen LogP contribution in [0, 0.1) is 0 Å². The molecule has 176 valence electrons. The molecule has 0 saturated carbocycles. The number of ether oxygens (including phenoxy) is 1. The maximum atomic E-state index is 13.1. The van der Waals surface area contributed by atoms with E-state index in [0.717, 1.165) is 11.3 Å². The van der Waals surface area contributed by atoms with Crippen LogP contribution in [0.2, 0.25) is 5.02 Å². The molecule has 0 spiro atoms. The third-order valence-electron chi connectivity index (χ3n) is 5.83. The van der Waals surface area contributed by atoms with Gasteiger partial charge in [-0.25, -0.2) is 0 Å². The van der Waals surface area contributed by atoms with E-state index in [0.29, 0.717) is 61.2 Å². The van der Waals surface area contributed by atoms with Crippen LogP contribution in [0.5, 0.6) is 5.75 Å². The molecule has 3 aromatic rings. The fourth-order valence-electron chi connectivity index (χ4n) is 3.97. The second-order valence-electron chi connectivity index (χ2n) is 8.14. The van der Waals surface area contributed by atoms with Crippen LogP contribution < -0.4 is 15.0 Å². The van der Waals surface area contributed by atoms with E-state index in [9.17, 15) is 9.59 Å². The van der Waals surface area contributed by atoms with E-state index in [4.69, 9.17) is 16.3 Å². The first-order chi connectivity index (χ1) is 16.5. The standard InChI is InChI=1S/C27H28ClN3O3/c1-2-26(32)31-15-13-30(14-16-31)25-12-11-22(28)18-24(25)29-27(33)21-9-6-10-23(17-21)34-19-20-7-4-3-5-8-20/h3-12,17-18H,2,13-16,19H2,1H3,(H,29,33). The third-order valence-corrected chi connectivity index (χ3v) is 6.06. The fourth-order valence-corrected chi connectivity index (χ4v) is 4.14. The monoisotopic (exact) mass is 477 g/mol. The number of nitrogens with zero attached hydrogens (tertiary/aromatic N) is 2. The van der Waals surface area contributed by atoms with Crippen molar-refractivity contribution in [3.63, 3.8) is 0 Å². The fraction of sp³-hybridized carbons (Fsp3) is 0.259. The van der Waals surface area contributed by atoms with Crippen LogP contribution in [0.25, 0.3) is 0 Å². The van der Waals surface area contributed by atoms with E-state index < -0.39 is 0 Å². The molecule has 34 heavy (non-hydrogen) atoms. The van der Waals surface area contributed by atoms with Crippen LogP contribution >= 0.6 is 11.6 Å². The number of hydrogen-bond acceptors (Lipinski definition) is 4. The molecule has 6 nitrogen and oxygen atoms in total. The number of piperazine rings is 1. The molecule has 1 N–H and O–H groups in total. The number of nitrogens with one attached hydrogen (secondary N) is 1. The van der Waals surface area contributed by atoms with Crippen molar-refractivity contribution < 1.29 is 14.3 Å². The van der Waals surface area contributed by atoms with Crippen LogP contribution in [0.3, 0.4) is 0 Å². The molecule has 0 atom stereocenters. The Bertz CT molecular complexity index is 1140. The lowest BCUT2D eigenvalue weighted by atomic mass is 10.1. The molecule has 4 rings (SSSR count). The molecule has 2 amide bonds. The molecule has 1 fully saturated rings. The number of carbonyl (C=O) groups is 2. The summed E-state index contributed by atoms with van der Waals surface area (Å²) in [5, 5.41) is 3.55. The average Bonchev–Trinajstić information content (AvgIpc) is 2.88. The highest BCUT2D eigenvalue weighted by Crippen LogP contribution is 2.31. The lowest BCUT2D eigenvalue weighted by Gasteiger charge is -2.37. The Kier molecular flexibility index (Phi) is 7.70.